The molecule has 1 aliphatic carbocycles. The number of aromatic nitrogens is 4. The molecule has 1 fully saturated rings. The number of hydrogen-bond acceptors (Lipinski definition) is 6. The number of benzene rings is 1. The molecule has 0 aliphatic heterocycles. The van der Waals surface area contributed by atoms with Gasteiger partial charge >= 0.3 is 0 Å². The summed E-state index contributed by atoms with van der Waals surface area (Å²) >= 11 is 2.88. The highest BCUT2D eigenvalue weighted by atomic mass is 32.2. The highest BCUT2D eigenvalue weighted by Crippen LogP contribution is 2.39. The summed E-state index contributed by atoms with van der Waals surface area (Å²) in [7, 11) is 1.96. The summed E-state index contributed by atoms with van der Waals surface area (Å²) < 4.78 is 3.06. The molecule has 1 aliphatic rings. The zero-order valence-electron chi connectivity index (χ0n) is 12.5. The number of amides is 1. The molecule has 0 saturated heterocycles. The van der Waals surface area contributed by atoms with Crippen molar-refractivity contribution in [3.63, 3.8) is 0 Å². The Morgan fingerprint density at radius 1 is 1.39 bits per heavy atom. The fraction of sp³-hybridized carbons (Fsp3) is 0.333. The molecule has 1 aromatic carbocycles. The molecule has 0 radical (unpaired) electrons. The minimum absolute atomic E-state index is 0.0787. The monoisotopic (exact) mass is 345 g/mol. The summed E-state index contributed by atoms with van der Waals surface area (Å²) in [6, 6.07) is 7.84. The fourth-order valence-corrected chi connectivity index (χ4v) is 3.96. The van der Waals surface area contributed by atoms with E-state index in [2.05, 4.69) is 20.5 Å². The van der Waals surface area contributed by atoms with Crippen LogP contribution in [0.4, 0.5) is 5.13 Å². The molecule has 1 amide bonds. The largest absolute Gasteiger partial charge is 0.309 e. The van der Waals surface area contributed by atoms with Gasteiger partial charge in [-0.1, -0.05) is 35.2 Å². The van der Waals surface area contributed by atoms with Crippen molar-refractivity contribution >= 4 is 44.4 Å². The van der Waals surface area contributed by atoms with Crippen LogP contribution >= 0.6 is 23.1 Å². The quantitative estimate of drug-likeness (QED) is 0.720. The van der Waals surface area contributed by atoms with Crippen LogP contribution < -0.4 is 5.32 Å². The number of carbonyl (C=O) groups is 1. The van der Waals surface area contributed by atoms with Gasteiger partial charge in [0.2, 0.25) is 5.91 Å². The van der Waals surface area contributed by atoms with Crippen molar-refractivity contribution < 1.29 is 4.79 Å². The molecule has 0 bridgehead atoms. The summed E-state index contributed by atoms with van der Waals surface area (Å²) in [5.74, 6) is 1.80. The molecule has 3 aromatic rings. The molecule has 0 unspecified atom stereocenters. The first-order valence-corrected chi connectivity index (χ1v) is 9.18. The normalized spacial score (nSPS) is 14.3. The number of carbonyl (C=O) groups excluding carboxylic acids is 1. The lowest BCUT2D eigenvalue weighted by molar-refractivity contribution is -0.113. The molecule has 0 spiro atoms. The van der Waals surface area contributed by atoms with Crippen molar-refractivity contribution in [2.75, 3.05) is 11.1 Å². The maximum atomic E-state index is 12.1. The summed E-state index contributed by atoms with van der Waals surface area (Å²) in [5, 5.41) is 12.7. The van der Waals surface area contributed by atoms with Crippen molar-refractivity contribution in [2.45, 2.75) is 23.9 Å². The van der Waals surface area contributed by atoms with Crippen LogP contribution in [0.15, 0.2) is 29.4 Å². The molecule has 118 valence electrons. The number of fused-ring (bicyclic) bond motifs is 1. The molecule has 1 N–H and O–H groups in total. The second kappa shape index (κ2) is 5.93. The number of para-hydroxylation sites is 1. The Kier molecular flexibility index (Phi) is 3.78. The van der Waals surface area contributed by atoms with Crippen LogP contribution in [0.5, 0.6) is 0 Å². The Labute approximate surface area is 141 Å². The van der Waals surface area contributed by atoms with E-state index in [1.54, 1.807) is 0 Å². The Morgan fingerprint density at radius 3 is 3.00 bits per heavy atom. The average Bonchev–Trinajstić information content (AvgIpc) is 3.19. The predicted octanol–water partition coefficient (Wildman–Crippen LogP) is 3.03. The number of anilines is 1. The van der Waals surface area contributed by atoms with Crippen LogP contribution in [-0.4, -0.2) is 31.4 Å². The molecular formula is C15H15N5OS2. The van der Waals surface area contributed by atoms with Gasteiger partial charge in [0, 0.05) is 13.0 Å². The van der Waals surface area contributed by atoms with Gasteiger partial charge in [0.15, 0.2) is 10.3 Å². The first-order chi connectivity index (χ1) is 11.2. The third-order valence-corrected chi connectivity index (χ3v) is 5.66. The minimum atomic E-state index is -0.0787. The first-order valence-electron chi connectivity index (χ1n) is 7.38. The summed E-state index contributed by atoms with van der Waals surface area (Å²) in [6.07, 6.45) is 2.38. The van der Waals surface area contributed by atoms with Crippen LogP contribution in [0.1, 0.15) is 24.6 Å². The van der Waals surface area contributed by atoms with Crippen LogP contribution in [0.3, 0.4) is 0 Å². The Balaban J connectivity index is 1.38. The molecule has 2 aromatic heterocycles. The van der Waals surface area contributed by atoms with E-state index in [1.165, 1.54) is 35.9 Å². The molecule has 2 heterocycles. The fourth-order valence-electron chi connectivity index (χ4n) is 2.36. The topological polar surface area (TPSA) is 72.7 Å². The van der Waals surface area contributed by atoms with Crippen molar-refractivity contribution in [3.05, 3.63) is 30.1 Å². The second-order valence-electron chi connectivity index (χ2n) is 5.50. The lowest BCUT2D eigenvalue weighted by Crippen LogP contribution is -2.14. The van der Waals surface area contributed by atoms with Crippen molar-refractivity contribution in [3.8, 4) is 0 Å². The van der Waals surface area contributed by atoms with Gasteiger partial charge in [0.05, 0.1) is 16.0 Å². The minimum Gasteiger partial charge on any atom is -0.309 e. The molecule has 0 atom stereocenters. The maximum absolute atomic E-state index is 12.1. The van der Waals surface area contributed by atoms with Gasteiger partial charge in [0.1, 0.15) is 5.82 Å². The van der Waals surface area contributed by atoms with Crippen LogP contribution in [0, 0.1) is 0 Å². The number of thioether (sulfide) groups is 1. The standard InChI is InChI=1S/C15H15N5OS2/c1-20-13(9-6-7-9)18-19-15(20)22-8-12(21)17-14-16-10-4-2-3-5-11(10)23-14/h2-5,9H,6-8H2,1H3,(H,16,17,21). The zero-order valence-corrected chi connectivity index (χ0v) is 14.2. The molecule has 4 rings (SSSR count). The highest BCUT2D eigenvalue weighted by molar-refractivity contribution is 7.99. The number of thiazole rings is 1. The van der Waals surface area contributed by atoms with Crippen LogP contribution in [0.2, 0.25) is 0 Å². The molecule has 6 nitrogen and oxygen atoms in total. The van der Waals surface area contributed by atoms with Crippen molar-refractivity contribution in [1.82, 2.24) is 19.7 Å². The van der Waals surface area contributed by atoms with E-state index in [0.29, 0.717) is 16.8 Å². The average molecular weight is 345 g/mol. The van der Waals surface area contributed by atoms with Gasteiger partial charge in [0.25, 0.3) is 0 Å². The van der Waals surface area contributed by atoms with E-state index in [1.807, 2.05) is 35.9 Å². The number of rotatable bonds is 5. The Morgan fingerprint density at radius 2 is 2.22 bits per heavy atom. The van der Waals surface area contributed by atoms with Gasteiger partial charge in [-0.25, -0.2) is 4.98 Å². The second-order valence-corrected chi connectivity index (χ2v) is 7.47. The van der Waals surface area contributed by atoms with Crippen LogP contribution in [-0.2, 0) is 11.8 Å². The van der Waals surface area contributed by atoms with Gasteiger partial charge in [-0.2, -0.15) is 0 Å². The number of hydrogen-bond donors (Lipinski definition) is 1. The van der Waals surface area contributed by atoms with E-state index in [-0.39, 0.29) is 5.91 Å². The molecule has 1 saturated carbocycles. The molecule has 8 heteroatoms. The smallest absolute Gasteiger partial charge is 0.236 e. The van der Waals surface area contributed by atoms with Gasteiger partial charge in [-0.15, -0.1) is 10.2 Å². The van der Waals surface area contributed by atoms with E-state index in [9.17, 15) is 4.79 Å². The van der Waals surface area contributed by atoms with E-state index >= 15 is 0 Å². The summed E-state index contributed by atoms with van der Waals surface area (Å²) in [5.41, 5.74) is 0.905. The lowest BCUT2D eigenvalue weighted by atomic mass is 10.3. The highest BCUT2D eigenvalue weighted by Gasteiger charge is 2.29. The number of nitrogens with zero attached hydrogens (tertiary/aromatic N) is 4. The third-order valence-electron chi connectivity index (χ3n) is 3.68. The van der Waals surface area contributed by atoms with Crippen molar-refractivity contribution in [1.29, 1.82) is 0 Å². The molecular weight excluding hydrogens is 330 g/mol. The van der Waals surface area contributed by atoms with Gasteiger partial charge in [-0.05, 0) is 25.0 Å². The van der Waals surface area contributed by atoms with E-state index in [0.717, 1.165) is 21.2 Å². The van der Waals surface area contributed by atoms with Crippen LogP contribution in [0.25, 0.3) is 10.2 Å². The van der Waals surface area contributed by atoms with Gasteiger partial charge in [-0.3, -0.25) is 4.79 Å². The van der Waals surface area contributed by atoms with Crippen molar-refractivity contribution in [2.24, 2.45) is 7.05 Å². The first kappa shape index (κ1) is 14.6. The lowest BCUT2D eigenvalue weighted by Gasteiger charge is -2.03. The molecule has 23 heavy (non-hydrogen) atoms. The maximum Gasteiger partial charge on any atom is 0.236 e. The SMILES string of the molecule is Cn1c(SCC(=O)Nc2nc3ccccc3s2)nnc1C1CC1. The number of nitrogens with one attached hydrogen (secondary N) is 1. The van der Waals surface area contributed by atoms with Gasteiger partial charge < -0.3 is 9.88 Å². The zero-order chi connectivity index (χ0) is 15.8. The Hall–Kier alpha value is -1.93. The van der Waals surface area contributed by atoms with E-state index in [4.69, 9.17) is 0 Å². The van der Waals surface area contributed by atoms with E-state index < -0.39 is 0 Å². The predicted molar refractivity (Wildman–Crippen MR) is 92.0 cm³/mol. The Bertz CT molecular complexity index is 835. The summed E-state index contributed by atoms with van der Waals surface area (Å²) in [4.78, 5) is 16.5. The third kappa shape index (κ3) is 3.09. The summed E-state index contributed by atoms with van der Waals surface area (Å²) in [6.45, 7) is 0.